The Hall–Kier alpha value is -2.11. The van der Waals surface area contributed by atoms with Crippen LogP contribution < -0.4 is 10.7 Å². The molecule has 0 unspecified atom stereocenters. The first-order valence-corrected chi connectivity index (χ1v) is 13.0. The molecule has 1 saturated heterocycles. The van der Waals surface area contributed by atoms with Gasteiger partial charge < -0.3 is 14.8 Å². The van der Waals surface area contributed by atoms with Gasteiger partial charge in [-0.3, -0.25) is 14.4 Å². The molecule has 2 heterocycles. The van der Waals surface area contributed by atoms with Gasteiger partial charge in [0.1, 0.15) is 11.1 Å². The van der Waals surface area contributed by atoms with Crippen LogP contribution in [0.1, 0.15) is 112 Å². The Kier molecular flexibility index (Phi) is 5.69. The SMILES string of the molecule is CC1(C)C[C@@H]2C[C@@](C)(CN2C(=O)c2cn(C3CC3)cc(C(=O)NCC3CCCCC3)c2=O)C1. The average Bonchev–Trinajstić information content (AvgIpc) is 3.57. The van der Waals surface area contributed by atoms with Gasteiger partial charge in [0, 0.05) is 37.6 Å². The molecule has 2 amide bonds. The van der Waals surface area contributed by atoms with E-state index in [0.717, 1.165) is 44.9 Å². The van der Waals surface area contributed by atoms with Gasteiger partial charge in [0.15, 0.2) is 0 Å². The molecule has 0 radical (unpaired) electrons. The lowest BCUT2D eigenvalue weighted by Gasteiger charge is -2.39. The van der Waals surface area contributed by atoms with Crippen LogP contribution in [0, 0.1) is 16.7 Å². The monoisotopic (exact) mass is 453 g/mol. The van der Waals surface area contributed by atoms with Crippen LogP contribution in [-0.4, -0.2) is 40.4 Å². The van der Waals surface area contributed by atoms with E-state index in [9.17, 15) is 14.4 Å². The summed E-state index contributed by atoms with van der Waals surface area (Å²) in [7, 11) is 0. The van der Waals surface area contributed by atoms with Gasteiger partial charge in [0.2, 0.25) is 5.43 Å². The minimum absolute atomic E-state index is 0.104. The fourth-order valence-electron chi connectivity index (χ4n) is 7.07. The zero-order valence-electron chi connectivity index (χ0n) is 20.5. The first-order chi connectivity index (χ1) is 15.6. The first kappa shape index (κ1) is 22.7. The van der Waals surface area contributed by atoms with Gasteiger partial charge in [-0.25, -0.2) is 0 Å². The molecule has 1 aromatic rings. The van der Waals surface area contributed by atoms with Gasteiger partial charge in [-0.2, -0.15) is 0 Å². The van der Waals surface area contributed by atoms with Crippen molar-refractivity contribution in [1.29, 1.82) is 0 Å². The van der Waals surface area contributed by atoms with Gasteiger partial charge >= 0.3 is 0 Å². The number of pyridine rings is 1. The van der Waals surface area contributed by atoms with Crippen molar-refractivity contribution in [3.63, 3.8) is 0 Å². The average molecular weight is 454 g/mol. The molecule has 4 fully saturated rings. The van der Waals surface area contributed by atoms with Crippen molar-refractivity contribution in [2.45, 2.75) is 97.1 Å². The van der Waals surface area contributed by atoms with Crippen LogP contribution in [0.4, 0.5) is 0 Å². The van der Waals surface area contributed by atoms with Gasteiger partial charge in [0.05, 0.1) is 0 Å². The summed E-state index contributed by atoms with van der Waals surface area (Å²) in [4.78, 5) is 42.2. The standard InChI is InChI=1S/C27H39N3O3/c1-26(2)11-20-12-27(3,16-26)17-30(20)25(33)22-15-29(19-9-10-19)14-21(23(22)31)24(32)28-13-18-7-5-4-6-8-18/h14-15,18-20H,4-13,16-17H2,1-3H3,(H,28,32)/t20-,27-/m1/s1. The molecule has 1 aliphatic heterocycles. The van der Waals surface area contributed by atoms with Gasteiger partial charge in [-0.1, -0.05) is 40.0 Å². The van der Waals surface area contributed by atoms with Crippen LogP contribution >= 0.6 is 0 Å². The molecule has 180 valence electrons. The van der Waals surface area contributed by atoms with E-state index in [4.69, 9.17) is 0 Å². The van der Waals surface area contributed by atoms with E-state index in [2.05, 4.69) is 26.1 Å². The summed E-state index contributed by atoms with van der Waals surface area (Å²) < 4.78 is 1.94. The van der Waals surface area contributed by atoms with E-state index in [1.807, 2.05) is 9.47 Å². The summed E-state index contributed by atoms with van der Waals surface area (Å²) in [5.74, 6) is -0.0307. The number of carbonyl (C=O) groups is 2. The van der Waals surface area contributed by atoms with E-state index in [-0.39, 0.29) is 45.9 Å². The molecule has 5 rings (SSSR count). The largest absolute Gasteiger partial charge is 0.352 e. The molecule has 0 aromatic carbocycles. The highest BCUT2D eigenvalue weighted by Crippen LogP contribution is 2.52. The molecular weight excluding hydrogens is 414 g/mol. The molecule has 4 aliphatic rings. The normalized spacial score (nSPS) is 29.2. The van der Waals surface area contributed by atoms with Crippen molar-refractivity contribution in [2.24, 2.45) is 16.7 Å². The number of amides is 2. The van der Waals surface area contributed by atoms with Gasteiger partial charge in [0.25, 0.3) is 11.8 Å². The highest BCUT2D eigenvalue weighted by molar-refractivity contribution is 5.99. The van der Waals surface area contributed by atoms with Gasteiger partial charge in [-0.05, 0) is 61.7 Å². The molecular formula is C27H39N3O3. The summed E-state index contributed by atoms with van der Waals surface area (Å²) in [5.41, 5.74) is 0.177. The number of nitrogens with zero attached hydrogens (tertiary/aromatic N) is 2. The Morgan fingerprint density at radius 1 is 0.970 bits per heavy atom. The second-order valence-electron chi connectivity index (χ2n) is 12.5. The smallest absolute Gasteiger partial charge is 0.259 e. The minimum atomic E-state index is -0.413. The van der Waals surface area contributed by atoms with Crippen molar-refractivity contribution < 1.29 is 9.59 Å². The number of likely N-dealkylation sites (tertiary alicyclic amines) is 1. The lowest BCUT2D eigenvalue weighted by atomic mass is 9.65. The lowest BCUT2D eigenvalue weighted by Crippen LogP contribution is -2.41. The molecule has 2 bridgehead atoms. The van der Waals surface area contributed by atoms with Crippen molar-refractivity contribution >= 4 is 11.8 Å². The molecule has 33 heavy (non-hydrogen) atoms. The molecule has 3 saturated carbocycles. The van der Waals surface area contributed by atoms with Crippen molar-refractivity contribution in [3.8, 4) is 0 Å². The molecule has 1 aromatic heterocycles. The molecule has 6 heteroatoms. The number of carbonyl (C=O) groups excluding carboxylic acids is 2. The zero-order chi connectivity index (χ0) is 23.4. The van der Waals surface area contributed by atoms with E-state index >= 15 is 0 Å². The Labute approximate surface area is 197 Å². The third-order valence-corrected chi connectivity index (χ3v) is 8.44. The van der Waals surface area contributed by atoms with Crippen LogP contribution in [-0.2, 0) is 0 Å². The summed E-state index contributed by atoms with van der Waals surface area (Å²) in [5, 5.41) is 3.01. The zero-order valence-corrected chi connectivity index (χ0v) is 20.5. The second-order valence-corrected chi connectivity index (χ2v) is 12.5. The highest BCUT2D eigenvalue weighted by Gasteiger charge is 2.51. The highest BCUT2D eigenvalue weighted by atomic mass is 16.2. The quantitative estimate of drug-likeness (QED) is 0.712. The van der Waals surface area contributed by atoms with Crippen LogP contribution in [0.15, 0.2) is 17.2 Å². The van der Waals surface area contributed by atoms with E-state index in [0.29, 0.717) is 19.0 Å². The fourth-order valence-corrected chi connectivity index (χ4v) is 7.07. The summed E-state index contributed by atoms with van der Waals surface area (Å²) in [6, 6.07) is 0.458. The fraction of sp³-hybridized carbons (Fsp3) is 0.741. The summed E-state index contributed by atoms with van der Waals surface area (Å²) in [6.45, 7) is 8.14. The molecule has 0 spiro atoms. The lowest BCUT2D eigenvalue weighted by molar-refractivity contribution is 0.0706. The number of fused-ring (bicyclic) bond motifs is 2. The van der Waals surface area contributed by atoms with E-state index < -0.39 is 5.43 Å². The second kappa shape index (κ2) is 8.28. The Bertz CT molecular complexity index is 1000. The third-order valence-electron chi connectivity index (χ3n) is 8.44. The summed E-state index contributed by atoms with van der Waals surface area (Å²) in [6.07, 6.45) is 14.5. The molecule has 2 atom stereocenters. The molecule has 3 aliphatic carbocycles. The number of nitrogens with one attached hydrogen (secondary N) is 1. The Morgan fingerprint density at radius 3 is 2.36 bits per heavy atom. The maximum Gasteiger partial charge on any atom is 0.259 e. The number of hydrogen-bond acceptors (Lipinski definition) is 3. The van der Waals surface area contributed by atoms with Crippen LogP contribution in [0.5, 0.6) is 0 Å². The summed E-state index contributed by atoms with van der Waals surface area (Å²) >= 11 is 0. The number of hydrogen-bond donors (Lipinski definition) is 1. The van der Waals surface area contributed by atoms with Crippen molar-refractivity contribution in [2.75, 3.05) is 13.1 Å². The van der Waals surface area contributed by atoms with Crippen molar-refractivity contribution in [3.05, 3.63) is 33.7 Å². The third kappa shape index (κ3) is 4.63. The number of aromatic nitrogens is 1. The maximum absolute atomic E-state index is 13.7. The van der Waals surface area contributed by atoms with E-state index in [1.54, 1.807) is 12.4 Å². The Balaban J connectivity index is 1.40. The predicted octanol–water partition coefficient (Wildman–Crippen LogP) is 4.53. The molecule has 6 nitrogen and oxygen atoms in total. The topological polar surface area (TPSA) is 71.4 Å². The van der Waals surface area contributed by atoms with Crippen LogP contribution in [0.2, 0.25) is 0 Å². The predicted molar refractivity (Wildman–Crippen MR) is 128 cm³/mol. The Morgan fingerprint density at radius 2 is 1.67 bits per heavy atom. The molecule has 1 N–H and O–H groups in total. The first-order valence-electron chi connectivity index (χ1n) is 13.0. The van der Waals surface area contributed by atoms with E-state index in [1.165, 1.54) is 19.3 Å². The van der Waals surface area contributed by atoms with Gasteiger partial charge in [-0.15, -0.1) is 0 Å². The minimum Gasteiger partial charge on any atom is -0.352 e. The maximum atomic E-state index is 13.7. The van der Waals surface area contributed by atoms with Crippen LogP contribution in [0.25, 0.3) is 0 Å². The number of rotatable bonds is 5. The van der Waals surface area contributed by atoms with Crippen LogP contribution in [0.3, 0.4) is 0 Å². The van der Waals surface area contributed by atoms with Crippen molar-refractivity contribution in [1.82, 2.24) is 14.8 Å².